The Hall–Kier alpha value is -3.62. The van der Waals surface area contributed by atoms with Gasteiger partial charge in [0, 0.05) is 32.9 Å². The Morgan fingerprint density at radius 1 is 1.07 bits per heavy atom. The van der Waals surface area contributed by atoms with Crippen molar-refractivity contribution in [2.45, 2.75) is 0 Å². The number of rotatable bonds is 4. The van der Waals surface area contributed by atoms with Crippen LogP contribution in [0.3, 0.4) is 0 Å². The maximum Gasteiger partial charge on any atom is 0.332 e. The van der Waals surface area contributed by atoms with Crippen LogP contribution in [0.5, 0.6) is 5.75 Å². The molecule has 0 fully saturated rings. The van der Waals surface area contributed by atoms with Crippen molar-refractivity contribution in [3.8, 4) is 5.75 Å². The molecule has 0 saturated heterocycles. The van der Waals surface area contributed by atoms with Crippen LogP contribution in [0, 0.1) is 0 Å². The summed E-state index contributed by atoms with van der Waals surface area (Å²) >= 11 is 0. The summed E-state index contributed by atoms with van der Waals surface area (Å²) < 4.78 is 8.94. The number of aromatic nitrogens is 4. The number of carbonyl (C=O) groups excluding carboxylic acids is 1. The topological polar surface area (TPSA) is 100 Å². The Bertz CT molecular complexity index is 1170. The Morgan fingerprint density at radius 3 is 2.37 bits per heavy atom. The molecule has 9 heteroatoms. The fourth-order valence-corrected chi connectivity index (χ4v) is 2.69. The lowest BCUT2D eigenvalue weighted by molar-refractivity contribution is -0.111. The molecular weight excluding hydrogens is 350 g/mol. The van der Waals surface area contributed by atoms with Crippen LogP contribution in [0.2, 0.25) is 0 Å². The highest BCUT2D eigenvalue weighted by atomic mass is 16.5. The van der Waals surface area contributed by atoms with Crippen molar-refractivity contribution in [2.75, 3.05) is 12.4 Å². The van der Waals surface area contributed by atoms with Crippen molar-refractivity contribution in [2.24, 2.45) is 21.1 Å². The van der Waals surface area contributed by atoms with Gasteiger partial charge >= 0.3 is 5.69 Å². The highest BCUT2D eigenvalue weighted by Gasteiger charge is 2.15. The number of carbonyl (C=O) groups is 1. The van der Waals surface area contributed by atoms with E-state index < -0.39 is 11.2 Å². The maximum atomic E-state index is 12.3. The first-order chi connectivity index (χ1) is 12.8. The minimum atomic E-state index is -0.460. The molecule has 0 spiro atoms. The smallest absolute Gasteiger partial charge is 0.332 e. The molecule has 2 aromatic heterocycles. The molecule has 0 saturated carbocycles. The molecule has 9 nitrogen and oxygen atoms in total. The van der Waals surface area contributed by atoms with Crippen LogP contribution in [-0.2, 0) is 25.9 Å². The van der Waals surface area contributed by atoms with E-state index in [-0.39, 0.29) is 17.1 Å². The quantitative estimate of drug-likeness (QED) is 0.680. The summed E-state index contributed by atoms with van der Waals surface area (Å²) in [6.45, 7) is 0. The lowest BCUT2D eigenvalue weighted by atomic mass is 10.3. The molecule has 1 N–H and O–H groups in total. The zero-order valence-electron chi connectivity index (χ0n) is 15.4. The van der Waals surface area contributed by atoms with Crippen LogP contribution >= 0.6 is 0 Å². The molecule has 0 atom stereocenters. The van der Waals surface area contributed by atoms with E-state index in [0.29, 0.717) is 17.3 Å². The van der Waals surface area contributed by atoms with Gasteiger partial charge in [0.1, 0.15) is 11.6 Å². The van der Waals surface area contributed by atoms with E-state index in [9.17, 15) is 14.4 Å². The van der Waals surface area contributed by atoms with Crippen LogP contribution in [0.15, 0.2) is 39.9 Å². The molecule has 0 bridgehead atoms. The number of benzene rings is 1. The molecule has 0 radical (unpaired) electrons. The van der Waals surface area contributed by atoms with Crippen molar-refractivity contribution in [3.63, 3.8) is 0 Å². The van der Waals surface area contributed by atoms with Gasteiger partial charge in [-0.05, 0) is 30.3 Å². The standard InChI is InChI=1S/C18H19N5O4/c1-21-13(20-16-15(21)17(25)23(3)18(26)22(16)2)9-10-14(24)19-11-5-7-12(27-4)8-6-11/h5-10H,1-4H3,(H,19,24)/b10-9+. The summed E-state index contributed by atoms with van der Waals surface area (Å²) in [5.74, 6) is 0.720. The summed E-state index contributed by atoms with van der Waals surface area (Å²) in [6, 6.07) is 6.92. The fraction of sp³-hybridized carbons (Fsp3) is 0.222. The SMILES string of the molecule is COc1ccc(NC(=O)/C=C/c2nc3c(c(=O)n(C)c(=O)n3C)n2C)cc1. The summed E-state index contributed by atoms with van der Waals surface area (Å²) in [7, 11) is 6.18. The molecule has 2 heterocycles. The van der Waals surface area contributed by atoms with Crippen molar-refractivity contribution in [1.29, 1.82) is 0 Å². The summed E-state index contributed by atoms with van der Waals surface area (Å²) in [6.07, 6.45) is 2.80. The summed E-state index contributed by atoms with van der Waals surface area (Å²) in [5, 5.41) is 2.72. The Balaban J connectivity index is 1.89. The summed E-state index contributed by atoms with van der Waals surface area (Å²) in [4.78, 5) is 40.8. The number of nitrogens with one attached hydrogen (secondary N) is 1. The number of hydrogen-bond acceptors (Lipinski definition) is 5. The molecule has 3 aromatic rings. The van der Waals surface area contributed by atoms with Gasteiger partial charge in [0.2, 0.25) is 5.91 Å². The number of nitrogens with zero attached hydrogens (tertiary/aromatic N) is 4. The Labute approximate surface area is 154 Å². The predicted molar refractivity (Wildman–Crippen MR) is 102 cm³/mol. The van der Waals surface area contributed by atoms with E-state index in [4.69, 9.17) is 4.74 Å². The van der Waals surface area contributed by atoms with Gasteiger partial charge in [-0.3, -0.25) is 18.7 Å². The zero-order valence-corrected chi connectivity index (χ0v) is 15.4. The van der Waals surface area contributed by atoms with Crippen molar-refractivity contribution in [3.05, 3.63) is 57.0 Å². The number of amides is 1. The normalized spacial score (nSPS) is 11.3. The number of fused-ring (bicyclic) bond motifs is 1. The molecule has 0 unspecified atom stereocenters. The molecule has 3 rings (SSSR count). The largest absolute Gasteiger partial charge is 0.497 e. The van der Waals surface area contributed by atoms with Crippen LogP contribution in [0.1, 0.15) is 5.82 Å². The first-order valence-corrected chi connectivity index (χ1v) is 8.09. The molecular formula is C18H19N5O4. The van der Waals surface area contributed by atoms with Crippen LogP contribution in [0.4, 0.5) is 5.69 Å². The van der Waals surface area contributed by atoms with E-state index >= 15 is 0 Å². The van der Waals surface area contributed by atoms with Gasteiger partial charge in [-0.25, -0.2) is 9.78 Å². The fourth-order valence-electron chi connectivity index (χ4n) is 2.69. The molecule has 1 amide bonds. The second kappa shape index (κ2) is 6.94. The second-order valence-corrected chi connectivity index (χ2v) is 5.96. The lowest BCUT2D eigenvalue weighted by Gasteiger charge is -2.04. The molecule has 27 heavy (non-hydrogen) atoms. The van der Waals surface area contributed by atoms with Gasteiger partial charge in [0.15, 0.2) is 11.2 Å². The molecule has 0 aliphatic rings. The number of aryl methyl sites for hydroxylation is 2. The van der Waals surface area contributed by atoms with Crippen LogP contribution < -0.4 is 21.3 Å². The van der Waals surface area contributed by atoms with Crippen LogP contribution in [-0.4, -0.2) is 31.7 Å². The van der Waals surface area contributed by atoms with Crippen LogP contribution in [0.25, 0.3) is 17.2 Å². The van der Waals surface area contributed by atoms with Gasteiger partial charge in [-0.2, -0.15) is 0 Å². The van der Waals surface area contributed by atoms with Gasteiger partial charge in [0.05, 0.1) is 7.11 Å². The molecule has 0 aliphatic carbocycles. The van der Waals surface area contributed by atoms with Gasteiger partial charge in [-0.1, -0.05) is 0 Å². The van der Waals surface area contributed by atoms with E-state index in [1.807, 2.05) is 0 Å². The first kappa shape index (κ1) is 18.2. The monoisotopic (exact) mass is 369 g/mol. The van der Waals surface area contributed by atoms with Crippen molar-refractivity contribution >= 4 is 28.8 Å². The Kier molecular flexibility index (Phi) is 4.68. The third-order valence-corrected chi connectivity index (χ3v) is 4.25. The highest BCUT2D eigenvalue weighted by Crippen LogP contribution is 2.15. The highest BCUT2D eigenvalue weighted by molar-refractivity contribution is 6.01. The number of anilines is 1. The van der Waals surface area contributed by atoms with E-state index in [2.05, 4.69) is 10.3 Å². The average Bonchev–Trinajstić information content (AvgIpc) is 3.00. The van der Waals surface area contributed by atoms with E-state index in [1.54, 1.807) is 50.0 Å². The van der Waals surface area contributed by atoms with E-state index in [0.717, 1.165) is 4.57 Å². The molecule has 1 aromatic carbocycles. The lowest BCUT2D eigenvalue weighted by Crippen LogP contribution is -2.37. The average molecular weight is 369 g/mol. The minimum Gasteiger partial charge on any atom is -0.497 e. The number of methoxy groups -OCH3 is 1. The maximum absolute atomic E-state index is 12.3. The first-order valence-electron chi connectivity index (χ1n) is 8.09. The number of imidazole rings is 1. The zero-order chi connectivity index (χ0) is 19.7. The minimum absolute atomic E-state index is 0.265. The summed E-state index contributed by atoms with van der Waals surface area (Å²) in [5.41, 5.74) is 0.270. The van der Waals surface area contributed by atoms with Gasteiger partial charge < -0.3 is 14.6 Å². The second-order valence-electron chi connectivity index (χ2n) is 5.96. The third-order valence-electron chi connectivity index (χ3n) is 4.25. The van der Waals surface area contributed by atoms with Crippen molar-refractivity contribution in [1.82, 2.24) is 18.7 Å². The van der Waals surface area contributed by atoms with Crippen molar-refractivity contribution < 1.29 is 9.53 Å². The third kappa shape index (κ3) is 3.26. The van der Waals surface area contributed by atoms with E-state index in [1.165, 1.54) is 23.8 Å². The predicted octanol–water partition coefficient (Wildman–Crippen LogP) is 0.631. The molecule has 140 valence electrons. The number of ether oxygens (including phenoxy) is 1. The Morgan fingerprint density at radius 2 is 1.74 bits per heavy atom. The molecule has 0 aliphatic heterocycles. The number of hydrogen-bond donors (Lipinski definition) is 1. The van der Waals surface area contributed by atoms with Gasteiger partial charge in [-0.15, -0.1) is 0 Å². The van der Waals surface area contributed by atoms with Gasteiger partial charge in [0.25, 0.3) is 5.56 Å².